The van der Waals surface area contributed by atoms with Crippen molar-refractivity contribution >= 4 is 22.8 Å². The molecule has 6 nitrogen and oxygen atoms in total. The van der Waals surface area contributed by atoms with Gasteiger partial charge >= 0.3 is 5.69 Å². The fourth-order valence-electron chi connectivity index (χ4n) is 2.40. The third-order valence-corrected chi connectivity index (χ3v) is 4.68. The van der Waals surface area contributed by atoms with Gasteiger partial charge in [-0.1, -0.05) is 6.08 Å². The second-order valence-corrected chi connectivity index (χ2v) is 6.37. The van der Waals surface area contributed by atoms with E-state index < -0.39 is 11.2 Å². The second kappa shape index (κ2) is 6.64. The summed E-state index contributed by atoms with van der Waals surface area (Å²) in [6.07, 6.45) is 1.70. The zero-order valence-electron chi connectivity index (χ0n) is 13.7. The van der Waals surface area contributed by atoms with Crippen LogP contribution in [0, 0.1) is 5.82 Å². The molecule has 0 radical (unpaired) electrons. The summed E-state index contributed by atoms with van der Waals surface area (Å²) in [6.45, 7) is 3.67. The summed E-state index contributed by atoms with van der Waals surface area (Å²) < 4.78 is 15.5. The van der Waals surface area contributed by atoms with E-state index in [1.165, 1.54) is 35.5 Å². The molecule has 0 aliphatic heterocycles. The number of thioether (sulfide) groups is 1. The molecule has 0 aliphatic rings. The molecule has 0 saturated heterocycles. The number of hydrogen-bond donors (Lipinski definition) is 0. The van der Waals surface area contributed by atoms with Crippen LogP contribution in [0.4, 0.5) is 4.39 Å². The van der Waals surface area contributed by atoms with Crippen molar-refractivity contribution in [2.24, 2.45) is 14.1 Å². The summed E-state index contributed by atoms with van der Waals surface area (Å²) >= 11 is 1.33. The molecule has 1 aromatic carbocycles. The Morgan fingerprint density at radius 2 is 1.84 bits per heavy atom. The first-order valence-electron chi connectivity index (χ1n) is 7.41. The van der Waals surface area contributed by atoms with E-state index in [0.29, 0.717) is 22.2 Å². The lowest BCUT2D eigenvalue weighted by atomic mass is 10.2. The number of halogens is 1. The van der Waals surface area contributed by atoms with E-state index in [1.807, 2.05) is 0 Å². The maximum Gasteiger partial charge on any atom is 0.332 e. The molecule has 128 valence electrons. The third-order valence-electron chi connectivity index (χ3n) is 3.71. The van der Waals surface area contributed by atoms with Gasteiger partial charge in [0.2, 0.25) is 0 Å². The lowest BCUT2D eigenvalue weighted by Crippen LogP contribution is -2.37. The van der Waals surface area contributed by atoms with Crippen molar-refractivity contribution in [1.82, 2.24) is 19.1 Å². The van der Waals surface area contributed by atoms with Crippen LogP contribution >= 0.6 is 11.8 Å². The van der Waals surface area contributed by atoms with Gasteiger partial charge in [-0.25, -0.2) is 19.2 Å². The van der Waals surface area contributed by atoms with Crippen LogP contribution in [0.2, 0.25) is 0 Å². The van der Waals surface area contributed by atoms with E-state index in [9.17, 15) is 14.0 Å². The summed E-state index contributed by atoms with van der Waals surface area (Å²) in [5.41, 5.74) is -0.0814. The highest BCUT2D eigenvalue weighted by Gasteiger charge is 2.17. The summed E-state index contributed by atoms with van der Waals surface area (Å²) in [5, 5.41) is 0.739. The van der Waals surface area contributed by atoms with Crippen LogP contribution in [-0.2, 0) is 14.1 Å². The first kappa shape index (κ1) is 17.1. The number of aryl methyl sites for hydroxylation is 1. The fraction of sp³-hybridized carbons (Fsp3) is 0.176. The number of nitrogens with zero attached hydrogens (tertiary/aromatic N) is 4. The van der Waals surface area contributed by atoms with E-state index in [4.69, 9.17) is 0 Å². The second-order valence-electron chi connectivity index (χ2n) is 5.36. The van der Waals surface area contributed by atoms with E-state index >= 15 is 0 Å². The molecule has 0 bridgehead atoms. The lowest BCUT2D eigenvalue weighted by Gasteiger charge is -2.11. The first-order valence-corrected chi connectivity index (χ1v) is 8.40. The molecule has 2 aromatic heterocycles. The van der Waals surface area contributed by atoms with Gasteiger partial charge in [0.05, 0.1) is 0 Å². The van der Waals surface area contributed by atoms with Gasteiger partial charge in [-0.3, -0.25) is 13.9 Å². The maximum absolute atomic E-state index is 13.2. The topological polar surface area (TPSA) is 69.8 Å². The van der Waals surface area contributed by atoms with Gasteiger partial charge in [0.15, 0.2) is 11.5 Å². The number of rotatable bonds is 4. The number of hydrogen-bond acceptors (Lipinski definition) is 5. The van der Waals surface area contributed by atoms with Crippen molar-refractivity contribution < 1.29 is 4.39 Å². The van der Waals surface area contributed by atoms with Crippen molar-refractivity contribution in [3.8, 4) is 11.4 Å². The first-order chi connectivity index (χ1) is 11.9. The van der Waals surface area contributed by atoms with Crippen molar-refractivity contribution in [2.45, 2.75) is 5.03 Å². The van der Waals surface area contributed by atoms with Crippen LogP contribution in [0.5, 0.6) is 0 Å². The summed E-state index contributed by atoms with van der Waals surface area (Å²) in [4.78, 5) is 33.6. The molecule has 0 fully saturated rings. The molecule has 25 heavy (non-hydrogen) atoms. The molecule has 3 rings (SSSR count). The van der Waals surface area contributed by atoms with E-state index in [2.05, 4.69) is 16.5 Å². The number of aromatic nitrogens is 4. The van der Waals surface area contributed by atoms with Gasteiger partial charge < -0.3 is 0 Å². The Morgan fingerprint density at radius 1 is 1.16 bits per heavy atom. The van der Waals surface area contributed by atoms with Gasteiger partial charge in [0.25, 0.3) is 5.56 Å². The molecule has 0 unspecified atom stereocenters. The highest BCUT2D eigenvalue weighted by Crippen LogP contribution is 2.26. The Bertz CT molecular complexity index is 1090. The van der Waals surface area contributed by atoms with Gasteiger partial charge in [-0.05, 0) is 24.3 Å². The standard InChI is InChI=1S/C17H15FN4O2S/c1-4-9-25-15-12-14(21(2)17(24)22(3)16(12)23)19-13(20-15)10-5-7-11(18)8-6-10/h4-8H,1,9H2,2-3H3. The zero-order valence-corrected chi connectivity index (χ0v) is 14.5. The van der Waals surface area contributed by atoms with E-state index in [1.54, 1.807) is 25.3 Å². The Morgan fingerprint density at radius 3 is 2.48 bits per heavy atom. The van der Waals surface area contributed by atoms with Gasteiger partial charge in [-0.2, -0.15) is 0 Å². The average Bonchev–Trinajstić information content (AvgIpc) is 2.62. The van der Waals surface area contributed by atoms with Crippen LogP contribution in [0.3, 0.4) is 0 Å². The quantitative estimate of drug-likeness (QED) is 0.406. The van der Waals surface area contributed by atoms with Crippen molar-refractivity contribution in [3.05, 3.63) is 63.6 Å². The lowest BCUT2D eigenvalue weighted by molar-refractivity contribution is 0.628. The largest absolute Gasteiger partial charge is 0.332 e. The highest BCUT2D eigenvalue weighted by atomic mass is 32.2. The summed E-state index contributed by atoms with van der Waals surface area (Å²) in [5.74, 6) is 0.496. The maximum atomic E-state index is 13.2. The van der Waals surface area contributed by atoms with Crippen molar-refractivity contribution in [1.29, 1.82) is 0 Å². The molecule has 8 heteroatoms. The minimum absolute atomic E-state index is 0.244. The molecular formula is C17H15FN4O2S. The molecular weight excluding hydrogens is 343 g/mol. The molecule has 0 spiro atoms. The Kier molecular flexibility index (Phi) is 4.54. The minimum Gasteiger partial charge on any atom is -0.280 e. The molecule has 3 aromatic rings. The molecule has 2 heterocycles. The monoisotopic (exact) mass is 358 g/mol. The molecule has 0 amide bonds. The summed E-state index contributed by atoms with van der Waals surface area (Å²) in [6, 6.07) is 5.72. The van der Waals surface area contributed by atoms with Crippen LogP contribution < -0.4 is 11.2 Å². The van der Waals surface area contributed by atoms with E-state index in [-0.39, 0.29) is 16.9 Å². The van der Waals surface area contributed by atoms with Crippen LogP contribution in [-0.4, -0.2) is 24.9 Å². The van der Waals surface area contributed by atoms with Crippen LogP contribution in [0.1, 0.15) is 0 Å². The molecule has 0 atom stereocenters. The van der Waals surface area contributed by atoms with Crippen LogP contribution in [0.15, 0.2) is 51.5 Å². The minimum atomic E-state index is -0.471. The average molecular weight is 358 g/mol. The van der Waals surface area contributed by atoms with Crippen molar-refractivity contribution in [2.75, 3.05) is 5.75 Å². The predicted molar refractivity (Wildman–Crippen MR) is 96.3 cm³/mol. The predicted octanol–water partition coefficient (Wildman–Crippen LogP) is 2.11. The fourth-order valence-corrected chi connectivity index (χ4v) is 3.15. The highest BCUT2D eigenvalue weighted by molar-refractivity contribution is 7.99. The zero-order chi connectivity index (χ0) is 18.1. The number of fused-ring (bicyclic) bond motifs is 1. The smallest absolute Gasteiger partial charge is 0.280 e. The molecule has 0 aliphatic carbocycles. The Hall–Kier alpha value is -2.74. The van der Waals surface area contributed by atoms with Crippen LogP contribution in [0.25, 0.3) is 22.4 Å². The van der Waals surface area contributed by atoms with Gasteiger partial charge in [0.1, 0.15) is 16.2 Å². The Balaban J connectivity index is 2.38. The molecule has 0 N–H and O–H groups in total. The summed E-state index contributed by atoms with van der Waals surface area (Å²) in [7, 11) is 2.97. The third kappa shape index (κ3) is 3.00. The normalized spacial score (nSPS) is 11.0. The SMILES string of the molecule is C=CCSc1nc(-c2ccc(F)cc2)nc2c1c(=O)n(C)c(=O)n2C. The number of benzene rings is 1. The van der Waals surface area contributed by atoms with Gasteiger partial charge in [0, 0.05) is 25.4 Å². The van der Waals surface area contributed by atoms with Crippen molar-refractivity contribution in [3.63, 3.8) is 0 Å². The van der Waals surface area contributed by atoms with Gasteiger partial charge in [-0.15, -0.1) is 18.3 Å². The Labute approximate surface area is 146 Å². The van der Waals surface area contributed by atoms with E-state index in [0.717, 1.165) is 4.57 Å². The molecule has 0 saturated carbocycles.